The van der Waals surface area contributed by atoms with Crippen LogP contribution in [-0.2, 0) is 20.9 Å². The number of carbonyl (C=O) groups is 2. The maximum atomic E-state index is 12.5. The molecule has 0 spiro atoms. The van der Waals surface area contributed by atoms with Crippen molar-refractivity contribution < 1.29 is 19.1 Å². The number of primary amides is 1. The molecular weight excluding hydrogens is 422 g/mol. The fourth-order valence-corrected chi connectivity index (χ4v) is 4.31. The minimum Gasteiger partial charge on any atom is -0.489 e. The van der Waals surface area contributed by atoms with Gasteiger partial charge in [0.2, 0.25) is 5.91 Å². The molecule has 160 valence electrons. The van der Waals surface area contributed by atoms with Crippen molar-refractivity contribution in [3.8, 4) is 0 Å². The van der Waals surface area contributed by atoms with E-state index in [1.807, 2.05) is 32.9 Å². The van der Waals surface area contributed by atoms with Crippen LogP contribution in [0.15, 0.2) is 53.3 Å². The van der Waals surface area contributed by atoms with Gasteiger partial charge in [0.25, 0.3) is 0 Å². The van der Waals surface area contributed by atoms with Gasteiger partial charge in [0.1, 0.15) is 17.2 Å². The minimum atomic E-state index is -0.485. The molecule has 0 radical (unpaired) electrons. The van der Waals surface area contributed by atoms with Crippen LogP contribution in [-0.4, -0.2) is 18.5 Å². The van der Waals surface area contributed by atoms with E-state index in [4.69, 9.17) is 26.8 Å². The molecule has 1 aromatic carbocycles. The number of benzene rings is 1. The topological polar surface area (TPSA) is 78.6 Å². The fraction of sp³-hybridized carbons (Fsp3) is 0.304. The number of thiophene rings is 1. The second-order valence-corrected chi connectivity index (χ2v) is 7.93. The van der Waals surface area contributed by atoms with E-state index in [-0.39, 0.29) is 13.2 Å². The largest absolute Gasteiger partial charge is 0.489 e. The normalized spacial score (nSPS) is 12.9. The van der Waals surface area contributed by atoms with Crippen molar-refractivity contribution in [2.75, 3.05) is 6.61 Å². The van der Waals surface area contributed by atoms with Gasteiger partial charge in [0.15, 0.2) is 0 Å². The summed E-state index contributed by atoms with van der Waals surface area (Å²) >= 11 is 7.74. The van der Waals surface area contributed by atoms with E-state index < -0.39 is 11.9 Å². The summed E-state index contributed by atoms with van der Waals surface area (Å²) in [5.41, 5.74) is 7.51. The number of amides is 1. The summed E-state index contributed by atoms with van der Waals surface area (Å²) in [5.74, 6) is -0.344. The first-order valence-electron chi connectivity index (χ1n) is 9.67. The zero-order valence-electron chi connectivity index (χ0n) is 17.6. The molecule has 0 atom stereocenters. The maximum Gasteiger partial charge on any atom is 0.348 e. The summed E-state index contributed by atoms with van der Waals surface area (Å²) in [6.45, 7) is 7.82. The van der Waals surface area contributed by atoms with Crippen molar-refractivity contribution in [1.82, 2.24) is 0 Å². The highest BCUT2D eigenvalue weighted by Gasteiger charge is 2.21. The average Bonchev–Trinajstić information content (AvgIpc) is 3.10. The van der Waals surface area contributed by atoms with Gasteiger partial charge in [0.05, 0.1) is 6.61 Å². The number of rotatable bonds is 9. The molecule has 5 nitrogen and oxygen atoms in total. The summed E-state index contributed by atoms with van der Waals surface area (Å²) < 4.78 is 12.0. The highest BCUT2D eigenvalue weighted by atomic mass is 35.5. The van der Waals surface area contributed by atoms with Crippen molar-refractivity contribution in [3.63, 3.8) is 0 Å². The van der Waals surface area contributed by atoms with Crippen LogP contribution in [0.5, 0.6) is 0 Å². The van der Waals surface area contributed by atoms with Gasteiger partial charge in [-0.2, -0.15) is 0 Å². The van der Waals surface area contributed by atoms with Crippen molar-refractivity contribution >= 4 is 44.9 Å². The first-order chi connectivity index (χ1) is 14.3. The second kappa shape index (κ2) is 11.0. The molecule has 0 unspecified atom stereocenters. The minimum absolute atomic E-state index is 0.129. The molecule has 0 bridgehead atoms. The number of carbonyl (C=O) groups excluding carboxylic acids is 2. The van der Waals surface area contributed by atoms with Crippen LogP contribution in [0, 0.1) is 0 Å². The highest BCUT2D eigenvalue weighted by molar-refractivity contribution is 7.21. The average molecular weight is 448 g/mol. The smallest absolute Gasteiger partial charge is 0.348 e. The Balaban J connectivity index is 2.35. The zero-order chi connectivity index (χ0) is 22.3. The molecule has 2 rings (SSSR count). The molecule has 0 saturated heterocycles. The Kier molecular flexibility index (Phi) is 8.69. The van der Waals surface area contributed by atoms with E-state index in [1.165, 1.54) is 11.3 Å². The Morgan fingerprint density at radius 2 is 1.93 bits per heavy atom. The van der Waals surface area contributed by atoms with Crippen molar-refractivity contribution in [3.05, 3.63) is 68.8 Å². The lowest BCUT2D eigenvalue weighted by Crippen LogP contribution is -2.14. The van der Waals surface area contributed by atoms with Gasteiger partial charge in [-0.05, 0) is 57.6 Å². The van der Waals surface area contributed by atoms with Gasteiger partial charge in [-0.1, -0.05) is 30.2 Å². The Morgan fingerprint density at radius 1 is 1.20 bits per heavy atom. The Hall–Kier alpha value is -2.57. The fourth-order valence-electron chi connectivity index (χ4n) is 2.84. The van der Waals surface area contributed by atoms with Crippen LogP contribution >= 0.6 is 22.9 Å². The number of halogens is 1. The van der Waals surface area contributed by atoms with E-state index in [9.17, 15) is 9.59 Å². The monoisotopic (exact) mass is 447 g/mol. The lowest BCUT2D eigenvalue weighted by molar-refractivity contribution is -0.114. The van der Waals surface area contributed by atoms with E-state index >= 15 is 0 Å². The lowest BCUT2D eigenvalue weighted by atomic mass is 10.1. The van der Waals surface area contributed by atoms with Gasteiger partial charge in [-0.15, -0.1) is 11.3 Å². The van der Waals surface area contributed by atoms with Crippen molar-refractivity contribution in [1.29, 1.82) is 0 Å². The summed E-state index contributed by atoms with van der Waals surface area (Å²) in [6, 6.07) is 5.53. The van der Waals surface area contributed by atoms with E-state index in [0.717, 1.165) is 22.1 Å². The Bertz CT molecular complexity index is 1030. The number of hydrogen-bond donors (Lipinski definition) is 1. The molecule has 30 heavy (non-hydrogen) atoms. The van der Waals surface area contributed by atoms with Crippen LogP contribution in [0.1, 0.15) is 49.4 Å². The van der Waals surface area contributed by atoms with Gasteiger partial charge >= 0.3 is 5.97 Å². The third-order valence-electron chi connectivity index (χ3n) is 4.56. The first-order valence-corrected chi connectivity index (χ1v) is 10.9. The van der Waals surface area contributed by atoms with E-state index in [1.54, 1.807) is 31.2 Å². The molecule has 2 N–H and O–H groups in total. The number of ether oxygens (including phenoxy) is 2. The number of fused-ring (bicyclic) bond motifs is 1. The highest BCUT2D eigenvalue weighted by Crippen LogP contribution is 2.37. The lowest BCUT2D eigenvalue weighted by Gasteiger charge is -2.10. The van der Waals surface area contributed by atoms with Crippen molar-refractivity contribution in [2.45, 2.75) is 40.7 Å². The standard InChI is InChI=1S/C23H26ClNO4S/c1-5-14(4)16(22(25)26)12-11-15(6-2)29-13-17-20-18(24)9-8-10-19(20)30-21(17)23(27)28-7-3/h6,8-12H,5,7,13H2,1-4H3,(H2,25,26)/b12-11-,15-6+,16-14-. The molecule has 1 aromatic heterocycles. The van der Waals surface area contributed by atoms with Crippen LogP contribution in [0.25, 0.3) is 10.1 Å². The molecule has 1 heterocycles. The third-order valence-corrected chi connectivity index (χ3v) is 6.05. The molecule has 0 saturated carbocycles. The number of esters is 1. The SMILES string of the molecule is C\C=C(/C=C\C(C(N)=O)=C(/C)CC)OCc1c(C(=O)OCC)sc2cccc(Cl)c12. The van der Waals surface area contributed by atoms with Gasteiger partial charge < -0.3 is 15.2 Å². The van der Waals surface area contributed by atoms with Crippen LogP contribution in [0.4, 0.5) is 0 Å². The second-order valence-electron chi connectivity index (χ2n) is 6.47. The predicted molar refractivity (Wildman–Crippen MR) is 123 cm³/mol. The molecule has 7 heteroatoms. The molecule has 0 aliphatic carbocycles. The van der Waals surface area contributed by atoms with Gasteiger partial charge in [-0.25, -0.2) is 4.79 Å². The molecule has 1 amide bonds. The molecular formula is C23H26ClNO4S. The molecule has 2 aromatic rings. The summed E-state index contributed by atoms with van der Waals surface area (Å²) in [4.78, 5) is 24.6. The summed E-state index contributed by atoms with van der Waals surface area (Å²) in [5, 5.41) is 1.33. The van der Waals surface area contributed by atoms with Gasteiger partial charge in [0, 0.05) is 26.2 Å². The van der Waals surface area contributed by atoms with Crippen LogP contribution in [0.3, 0.4) is 0 Å². The first kappa shape index (κ1) is 23.7. The predicted octanol–water partition coefficient (Wildman–Crippen LogP) is 5.92. The Morgan fingerprint density at radius 3 is 2.53 bits per heavy atom. The van der Waals surface area contributed by atoms with Crippen LogP contribution < -0.4 is 5.73 Å². The molecule has 0 fully saturated rings. The Labute approximate surface area is 185 Å². The quantitative estimate of drug-likeness (QED) is 0.224. The zero-order valence-corrected chi connectivity index (χ0v) is 19.2. The summed E-state index contributed by atoms with van der Waals surface area (Å²) in [6.07, 6.45) is 5.84. The third kappa shape index (κ3) is 5.52. The number of hydrogen-bond acceptors (Lipinski definition) is 5. The molecule has 0 aliphatic heterocycles. The van der Waals surface area contributed by atoms with E-state index in [2.05, 4.69) is 0 Å². The van der Waals surface area contributed by atoms with Crippen LogP contribution in [0.2, 0.25) is 5.02 Å². The summed E-state index contributed by atoms with van der Waals surface area (Å²) in [7, 11) is 0. The number of nitrogens with two attached hydrogens (primary N) is 1. The van der Waals surface area contributed by atoms with Gasteiger partial charge in [-0.3, -0.25) is 4.79 Å². The molecule has 0 aliphatic rings. The van der Waals surface area contributed by atoms with E-state index in [0.29, 0.717) is 26.8 Å². The number of allylic oxidation sites excluding steroid dienone is 3. The van der Waals surface area contributed by atoms with Crippen molar-refractivity contribution in [2.24, 2.45) is 5.73 Å². The maximum absolute atomic E-state index is 12.5.